The predicted molar refractivity (Wildman–Crippen MR) is 140 cm³/mol. The molecule has 0 bridgehead atoms. The molecule has 0 radical (unpaired) electrons. The second kappa shape index (κ2) is 10.1. The highest BCUT2D eigenvalue weighted by Gasteiger charge is 2.47. The van der Waals surface area contributed by atoms with Crippen LogP contribution in [0.3, 0.4) is 0 Å². The van der Waals surface area contributed by atoms with Crippen molar-refractivity contribution in [2.24, 2.45) is 0 Å². The molecule has 1 N–H and O–H groups in total. The second-order valence-electron chi connectivity index (χ2n) is 8.67. The highest BCUT2D eigenvalue weighted by Crippen LogP contribution is 2.41. The molecule has 4 aromatic rings. The Labute approximate surface area is 213 Å². The van der Waals surface area contributed by atoms with Crippen molar-refractivity contribution in [3.8, 4) is 0 Å². The van der Waals surface area contributed by atoms with Gasteiger partial charge in [-0.25, -0.2) is 4.79 Å². The van der Waals surface area contributed by atoms with E-state index in [4.69, 9.17) is 4.74 Å². The van der Waals surface area contributed by atoms with Gasteiger partial charge >= 0.3 is 5.97 Å². The molecule has 7 heteroatoms. The van der Waals surface area contributed by atoms with Crippen LogP contribution in [-0.4, -0.2) is 34.4 Å². The molecule has 1 unspecified atom stereocenters. The lowest BCUT2D eigenvalue weighted by Gasteiger charge is -2.25. The van der Waals surface area contributed by atoms with E-state index in [1.54, 1.807) is 54.7 Å². The maximum Gasteiger partial charge on any atom is 0.338 e. The number of aliphatic hydroxyl groups excluding tert-OH is 1. The summed E-state index contributed by atoms with van der Waals surface area (Å²) in [5.74, 6) is -2.47. The van der Waals surface area contributed by atoms with Crippen LogP contribution >= 0.6 is 0 Å². The van der Waals surface area contributed by atoms with Crippen molar-refractivity contribution >= 4 is 39.9 Å². The molecule has 1 aromatic heterocycles. The molecule has 1 aliphatic heterocycles. The zero-order valence-electron chi connectivity index (χ0n) is 20.1. The van der Waals surface area contributed by atoms with Gasteiger partial charge < -0.3 is 9.84 Å². The summed E-state index contributed by atoms with van der Waals surface area (Å²) in [6.45, 7) is 2.17. The number of aliphatic hydroxyl groups is 1. The molecule has 5 rings (SSSR count). The lowest BCUT2D eigenvalue weighted by molar-refractivity contribution is -0.132. The topological polar surface area (TPSA) is 96.8 Å². The summed E-state index contributed by atoms with van der Waals surface area (Å²) in [6, 6.07) is 23.5. The first-order valence-electron chi connectivity index (χ1n) is 12.0. The molecule has 37 heavy (non-hydrogen) atoms. The number of esters is 1. The van der Waals surface area contributed by atoms with Gasteiger partial charge in [-0.3, -0.25) is 19.5 Å². The number of hydrogen-bond acceptors (Lipinski definition) is 6. The molecule has 3 aromatic carbocycles. The molecule has 1 amide bonds. The minimum absolute atomic E-state index is 0.0713. The Morgan fingerprint density at radius 1 is 0.919 bits per heavy atom. The predicted octanol–water partition coefficient (Wildman–Crippen LogP) is 5.43. The first kappa shape index (κ1) is 23.9. The van der Waals surface area contributed by atoms with Gasteiger partial charge in [-0.05, 0) is 53.6 Å². The van der Waals surface area contributed by atoms with Crippen LogP contribution in [0.25, 0.3) is 16.5 Å². The van der Waals surface area contributed by atoms with Crippen molar-refractivity contribution < 1.29 is 24.2 Å². The molecule has 1 fully saturated rings. The normalized spacial score (nSPS) is 16.8. The summed E-state index contributed by atoms with van der Waals surface area (Å²) in [6.07, 6.45) is 2.23. The van der Waals surface area contributed by atoms with Crippen molar-refractivity contribution in [2.45, 2.75) is 19.4 Å². The number of carbonyl (C=O) groups excluding carboxylic acids is 3. The third-order valence-electron chi connectivity index (χ3n) is 6.23. The number of aromatic nitrogens is 1. The maximum atomic E-state index is 13.4. The fraction of sp³-hybridized carbons (Fsp3) is 0.133. The minimum Gasteiger partial charge on any atom is -0.507 e. The van der Waals surface area contributed by atoms with E-state index in [2.05, 4.69) is 4.98 Å². The van der Waals surface area contributed by atoms with Gasteiger partial charge in [0.1, 0.15) is 11.8 Å². The van der Waals surface area contributed by atoms with Crippen LogP contribution in [-0.2, 0) is 14.3 Å². The number of anilines is 1. The van der Waals surface area contributed by atoms with Crippen LogP contribution in [0.1, 0.15) is 41.0 Å². The van der Waals surface area contributed by atoms with E-state index < -0.39 is 23.7 Å². The molecule has 2 heterocycles. The Morgan fingerprint density at radius 2 is 1.70 bits per heavy atom. The standard InChI is InChI=1S/C30H24N2O5/c1-2-16-37-30(36)22-10-7-11-23(18-22)32-26(24-12-5-6-15-31-24)25(28(34)29(32)35)27(33)21-14-13-19-8-3-4-9-20(19)17-21/h3-15,17-18,26,33H,2,16H2,1H3/b27-25-. The number of pyridine rings is 1. The van der Waals surface area contributed by atoms with Crippen molar-refractivity contribution in [3.63, 3.8) is 0 Å². The summed E-state index contributed by atoms with van der Waals surface area (Å²) in [5, 5.41) is 13.2. The third kappa shape index (κ3) is 4.47. The molecule has 7 nitrogen and oxygen atoms in total. The first-order valence-corrected chi connectivity index (χ1v) is 12.0. The number of nitrogens with zero attached hydrogens (tertiary/aromatic N) is 2. The molecule has 1 aliphatic rings. The Morgan fingerprint density at radius 3 is 2.46 bits per heavy atom. The Bertz CT molecular complexity index is 1540. The summed E-state index contributed by atoms with van der Waals surface area (Å²) >= 11 is 0. The zero-order chi connectivity index (χ0) is 25.9. The molecule has 0 aliphatic carbocycles. The van der Waals surface area contributed by atoms with E-state index in [9.17, 15) is 19.5 Å². The molecule has 1 atom stereocenters. The number of benzene rings is 3. The number of Topliss-reactive ketones (excluding diaryl/α,β-unsaturated/α-hetero) is 1. The van der Waals surface area contributed by atoms with Crippen LogP contribution in [0.2, 0.25) is 0 Å². The van der Waals surface area contributed by atoms with E-state index in [1.165, 1.54) is 11.0 Å². The van der Waals surface area contributed by atoms with Gasteiger partial charge in [0.25, 0.3) is 11.7 Å². The van der Waals surface area contributed by atoms with Gasteiger partial charge in [0.05, 0.1) is 23.4 Å². The maximum absolute atomic E-state index is 13.4. The van der Waals surface area contributed by atoms with Crippen LogP contribution in [0.4, 0.5) is 5.69 Å². The number of fused-ring (bicyclic) bond motifs is 1. The van der Waals surface area contributed by atoms with Crippen LogP contribution in [0, 0.1) is 0 Å². The fourth-order valence-corrected chi connectivity index (χ4v) is 4.47. The minimum atomic E-state index is -0.991. The van der Waals surface area contributed by atoms with E-state index in [0.717, 1.165) is 10.8 Å². The smallest absolute Gasteiger partial charge is 0.338 e. The van der Waals surface area contributed by atoms with Crippen molar-refractivity contribution in [2.75, 3.05) is 11.5 Å². The summed E-state index contributed by atoms with van der Waals surface area (Å²) < 4.78 is 5.24. The lowest BCUT2D eigenvalue weighted by Crippen LogP contribution is -2.30. The lowest BCUT2D eigenvalue weighted by atomic mass is 9.97. The van der Waals surface area contributed by atoms with Crippen LogP contribution in [0.15, 0.2) is 96.7 Å². The molecular formula is C30H24N2O5. The van der Waals surface area contributed by atoms with Gasteiger partial charge in [0.15, 0.2) is 0 Å². The van der Waals surface area contributed by atoms with Gasteiger partial charge in [-0.15, -0.1) is 0 Å². The average Bonchev–Trinajstić information content (AvgIpc) is 3.21. The monoisotopic (exact) mass is 492 g/mol. The Hall–Kier alpha value is -4.78. The number of rotatable bonds is 6. The largest absolute Gasteiger partial charge is 0.507 e. The zero-order valence-corrected chi connectivity index (χ0v) is 20.1. The van der Waals surface area contributed by atoms with E-state index in [0.29, 0.717) is 23.4 Å². The number of hydrogen-bond donors (Lipinski definition) is 1. The molecule has 1 saturated heterocycles. The van der Waals surface area contributed by atoms with Gasteiger partial charge in [0, 0.05) is 17.4 Å². The number of amides is 1. The highest BCUT2D eigenvalue weighted by molar-refractivity contribution is 6.51. The van der Waals surface area contributed by atoms with Crippen molar-refractivity contribution in [1.82, 2.24) is 4.98 Å². The average molecular weight is 493 g/mol. The van der Waals surface area contributed by atoms with E-state index in [-0.39, 0.29) is 23.5 Å². The van der Waals surface area contributed by atoms with Crippen LogP contribution in [0.5, 0.6) is 0 Å². The quantitative estimate of drug-likeness (QED) is 0.167. The molecule has 0 saturated carbocycles. The molecular weight excluding hydrogens is 468 g/mol. The third-order valence-corrected chi connectivity index (χ3v) is 6.23. The van der Waals surface area contributed by atoms with E-state index in [1.807, 2.05) is 37.3 Å². The van der Waals surface area contributed by atoms with Gasteiger partial charge in [0.2, 0.25) is 0 Å². The van der Waals surface area contributed by atoms with Crippen molar-refractivity contribution in [1.29, 1.82) is 0 Å². The van der Waals surface area contributed by atoms with Gasteiger partial charge in [-0.1, -0.05) is 55.5 Å². The highest BCUT2D eigenvalue weighted by atomic mass is 16.5. The summed E-state index contributed by atoms with van der Waals surface area (Å²) in [7, 11) is 0. The first-order chi connectivity index (χ1) is 18.0. The summed E-state index contributed by atoms with van der Waals surface area (Å²) in [5.41, 5.74) is 1.32. The number of ketones is 1. The second-order valence-corrected chi connectivity index (χ2v) is 8.67. The fourth-order valence-electron chi connectivity index (χ4n) is 4.47. The number of carbonyl (C=O) groups is 3. The SMILES string of the molecule is CCCOC(=O)c1cccc(N2C(=O)C(=O)/C(=C(\O)c3ccc4ccccc4c3)C2c2ccccn2)c1. The van der Waals surface area contributed by atoms with Crippen LogP contribution < -0.4 is 4.90 Å². The van der Waals surface area contributed by atoms with Crippen molar-refractivity contribution in [3.05, 3.63) is 114 Å². The van der Waals surface area contributed by atoms with Gasteiger partial charge in [-0.2, -0.15) is 0 Å². The molecule has 0 spiro atoms. The Kier molecular flexibility index (Phi) is 6.51. The summed E-state index contributed by atoms with van der Waals surface area (Å²) in [4.78, 5) is 44.9. The van der Waals surface area contributed by atoms with E-state index >= 15 is 0 Å². The Balaban J connectivity index is 1.65. The number of ether oxygens (including phenoxy) is 1. The molecule has 184 valence electrons.